The fraction of sp³-hybridized carbons (Fsp3) is 0.500. The number of fused-ring (bicyclic) bond motifs is 1. The lowest BCUT2D eigenvalue weighted by Crippen LogP contribution is -2.25. The van der Waals surface area contributed by atoms with E-state index in [-0.39, 0.29) is 0 Å². The van der Waals surface area contributed by atoms with Crippen molar-refractivity contribution >= 4 is 10.8 Å². The molecule has 1 aliphatic rings. The van der Waals surface area contributed by atoms with Gasteiger partial charge in [0.05, 0.1) is 6.61 Å². The molecule has 2 heteroatoms. The Morgan fingerprint density at radius 3 is 2.73 bits per heavy atom. The number of hydrogen-bond donors (Lipinski definition) is 1. The second-order valence-corrected chi connectivity index (χ2v) is 6.33. The van der Waals surface area contributed by atoms with Crippen molar-refractivity contribution in [1.29, 1.82) is 0 Å². The van der Waals surface area contributed by atoms with Crippen LogP contribution in [0.4, 0.5) is 0 Å². The predicted octanol–water partition coefficient (Wildman–Crippen LogP) is 5.05. The van der Waals surface area contributed by atoms with Gasteiger partial charge < -0.3 is 10.1 Å². The molecule has 0 heterocycles. The van der Waals surface area contributed by atoms with Crippen LogP contribution >= 0.6 is 0 Å². The topological polar surface area (TPSA) is 21.3 Å². The standard InChI is InChI=1S/C20H27NO/c1-2-3-14-22-20-13-12-16-8-4-7-11-18(16)19(20)15-21-17-9-5-6-10-17/h4,7-8,11-13,17,21H,2-3,5-6,9-10,14-15H2,1H3. The molecule has 0 unspecified atom stereocenters. The predicted molar refractivity (Wildman–Crippen MR) is 93.4 cm³/mol. The van der Waals surface area contributed by atoms with Crippen LogP contribution < -0.4 is 10.1 Å². The lowest BCUT2D eigenvalue weighted by Gasteiger charge is -2.17. The molecule has 0 saturated heterocycles. The normalized spacial score (nSPS) is 15.5. The largest absolute Gasteiger partial charge is 0.493 e. The first-order chi connectivity index (χ1) is 10.9. The summed E-state index contributed by atoms with van der Waals surface area (Å²) in [7, 11) is 0. The van der Waals surface area contributed by atoms with E-state index in [0.29, 0.717) is 6.04 Å². The Kier molecular flexibility index (Phi) is 5.33. The number of benzene rings is 2. The summed E-state index contributed by atoms with van der Waals surface area (Å²) in [6.45, 7) is 3.92. The number of hydrogen-bond acceptors (Lipinski definition) is 2. The minimum Gasteiger partial charge on any atom is -0.493 e. The van der Waals surface area contributed by atoms with Crippen LogP contribution in [0.5, 0.6) is 5.75 Å². The summed E-state index contributed by atoms with van der Waals surface area (Å²) in [4.78, 5) is 0. The van der Waals surface area contributed by atoms with Gasteiger partial charge in [-0.05, 0) is 36.1 Å². The van der Waals surface area contributed by atoms with E-state index in [4.69, 9.17) is 4.74 Å². The van der Waals surface area contributed by atoms with Crippen molar-refractivity contribution in [3.8, 4) is 5.75 Å². The summed E-state index contributed by atoms with van der Waals surface area (Å²) < 4.78 is 6.06. The lowest BCUT2D eigenvalue weighted by atomic mass is 10.0. The molecule has 3 rings (SSSR count). The third-order valence-electron chi connectivity index (χ3n) is 4.68. The number of rotatable bonds is 7. The summed E-state index contributed by atoms with van der Waals surface area (Å²) in [6, 6.07) is 13.6. The quantitative estimate of drug-likeness (QED) is 0.722. The van der Waals surface area contributed by atoms with E-state index in [2.05, 4.69) is 48.6 Å². The molecule has 118 valence electrons. The molecule has 1 fully saturated rings. The van der Waals surface area contributed by atoms with Crippen LogP contribution in [0.2, 0.25) is 0 Å². The van der Waals surface area contributed by atoms with E-state index in [9.17, 15) is 0 Å². The highest BCUT2D eigenvalue weighted by Gasteiger charge is 2.16. The fourth-order valence-electron chi connectivity index (χ4n) is 3.34. The molecule has 2 aromatic carbocycles. The first-order valence-corrected chi connectivity index (χ1v) is 8.75. The molecular formula is C20H27NO. The zero-order chi connectivity index (χ0) is 15.2. The fourth-order valence-corrected chi connectivity index (χ4v) is 3.34. The molecule has 2 aromatic rings. The van der Waals surface area contributed by atoms with Crippen molar-refractivity contribution in [3.05, 3.63) is 42.0 Å². The van der Waals surface area contributed by atoms with E-state index in [1.54, 1.807) is 0 Å². The maximum absolute atomic E-state index is 6.06. The van der Waals surface area contributed by atoms with E-state index in [1.165, 1.54) is 48.4 Å². The zero-order valence-corrected chi connectivity index (χ0v) is 13.6. The molecule has 0 aliphatic heterocycles. The van der Waals surface area contributed by atoms with Crippen LogP contribution in [0, 0.1) is 0 Å². The maximum atomic E-state index is 6.06. The van der Waals surface area contributed by atoms with Crippen molar-refractivity contribution in [2.24, 2.45) is 0 Å². The van der Waals surface area contributed by atoms with Gasteiger partial charge in [0, 0.05) is 18.2 Å². The molecule has 1 N–H and O–H groups in total. The highest BCUT2D eigenvalue weighted by atomic mass is 16.5. The van der Waals surface area contributed by atoms with E-state index in [1.807, 2.05) is 0 Å². The smallest absolute Gasteiger partial charge is 0.124 e. The summed E-state index contributed by atoms with van der Waals surface area (Å²) >= 11 is 0. The Morgan fingerprint density at radius 2 is 1.91 bits per heavy atom. The summed E-state index contributed by atoms with van der Waals surface area (Å²) in [5.74, 6) is 1.05. The Bertz CT molecular complexity index is 602. The molecule has 0 radical (unpaired) electrons. The molecule has 0 aromatic heterocycles. The van der Waals surface area contributed by atoms with Crippen LogP contribution in [0.25, 0.3) is 10.8 Å². The Balaban J connectivity index is 1.82. The van der Waals surface area contributed by atoms with Crippen molar-refractivity contribution in [1.82, 2.24) is 5.32 Å². The van der Waals surface area contributed by atoms with Crippen molar-refractivity contribution in [2.75, 3.05) is 6.61 Å². The van der Waals surface area contributed by atoms with Crippen LogP contribution in [-0.4, -0.2) is 12.6 Å². The molecule has 0 bridgehead atoms. The van der Waals surface area contributed by atoms with E-state index >= 15 is 0 Å². The maximum Gasteiger partial charge on any atom is 0.124 e. The highest BCUT2D eigenvalue weighted by molar-refractivity contribution is 5.87. The summed E-state index contributed by atoms with van der Waals surface area (Å²) in [5, 5.41) is 6.36. The van der Waals surface area contributed by atoms with Gasteiger partial charge in [-0.25, -0.2) is 0 Å². The van der Waals surface area contributed by atoms with Gasteiger partial charge in [0.25, 0.3) is 0 Å². The molecular weight excluding hydrogens is 270 g/mol. The molecule has 0 atom stereocenters. The summed E-state index contributed by atoms with van der Waals surface area (Å²) in [6.07, 6.45) is 7.65. The first-order valence-electron chi connectivity index (χ1n) is 8.75. The minimum atomic E-state index is 0.683. The van der Waals surface area contributed by atoms with Crippen LogP contribution in [-0.2, 0) is 6.54 Å². The average molecular weight is 297 g/mol. The molecule has 22 heavy (non-hydrogen) atoms. The third-order valence-corrected chi connectivity index (χ3v) is 4.68. The van der Waals surface area contributed by atoms with Gasteiger partial charge in [-0.15, -0.1) is 0 Å². The van der Waals surface area contributed by atoms with Gasteiger partial charge in [0.1, 0.15) is 5.75 Å². The average Bonchev–Trinajstić information content (AvgIpc) is 3.07. The summed E-state index contributed by atoms with van der Waals surface area (Å²) in [5.41, 5.74) is 1.32. The third kappa shape index (κ3) is 3.61. The van der Waals surface area contributed by atoms with Crippen LogP contribution in [0.15, 0.2) is 36.4 Å². The van der Waals surface area contributed by atoms with E-state index < -0.39 is 0 Å². The number of nitrogens with one attached hydrogen (secondary N) is 1. The van der Waals surface area contributed by atoms with Gasteiger partial charge in [-0.1, -0.05) is 56.5 Å². The Morgan fingerprint density at radius 1 is 1.09 bits per heavy atom. The van der Waals surface area contributed by atoms with Crippen molar-refractivity contribution in [2.45, 2.75) is 58.0 Å². The molecule has 1 saturated carbocycles. The van der Waals surface area contributed by atoms with Gasteiger partial charge in [-0.2, -0.15) is 0 Å². The molecule has 0 spiro atoms. The minimum absolute atomic E-state index is 0.683. The molecule has 0 amide bonds. The van der Waals surface area contributed by atoms with Gasteiger partial charge in [0.15, 0.2) is 0 Å². The Hall–Kier alpha value is -1.54. The SMILES string of the molecule is CCCCOc1ccc2ccccc2c1CNC1CCCC1. The van der Waals surface area contributed by atoms with Crippen molar-refractivity contribution < 1.29 is 4.74 Å². The van der Waals surface area contributed by atoms with Gasteiger partial charge >= 0.3 is 0 Å². The van der Waals surface area contributed by atoms with E-state index in [0.717, 1.165) is 25.3 Å². The zero-order valence-electron chi connectivity index (χ0n) is 13.6. The van der Waals surface area contributed by atoms with Crippen molar-refractivity contribution in [3.63, 3.8) is 0 Å². The number of ether oxygens (including phenoxy) is 1. The lowest BCUT2D eigenvalue weighted by molar-refractivity contribution is 0.305. The van der Waals surface area contributed by atoms with Crippen LogP contribution in [0.1, 0.15) is 51.0 Å². The van der Waals surface area contributed by atoms with Gasteiger partial charge in [-0.3, -0.25) is 0 Å². The number of unbranched alkanes of at least 4 members (excludes halogenated alkanes) is 1. The monoisotopic (exact) mass is 297 g/mol. The van der Waals surface area contributed by atoms with Crippen LogP contribution in [0.3, 0.4) is 0 Å². The molecule has 1 aliphatic carbocycles. The highest BCUT2D eigenvalue weighted by Crippen LogP contribution is 2.29. The first kappa shape index (κ1) is 15.4. The second kappa shape index (κ2) is 7.64. The Labute approximate surface area is 133 Å². The molecule has 2 nitrogen and oxygen atoms in total. The second-order valence-electron chi connectivity index (χ2n) is 6.33. The van der Waals surface area contributed by atoms with Gasteiger partial charge in [0.2, 0.25) is 0 Å².